The summed E-state index contributed by atoms with van der Waals surface area (Å²) in [6, 6.07) is 12.4. The number of amides is 2. The number of fused-ring (bicyclic) bond motifs is 1. The molecule has 7 heteroatoms. The molecule has 6 nitrogen and oxygen atoms in total. The second-order valence-corrected chi connectivity index (χ2v) is 6.23. The Kier molecular flexibility index (Phi) is 4.77. The van der Waals surface area contributed by atoms with Crippen molar-refractivity contribution in [2.45, 2.75) is 0 Å². The predicted octanol–water partition coefficient (Wildman–Crippen LogP) is 3.40. The number of anilines is 1. The van der Waals surface area contributed by atoms with Crippen molar-refractivity contribution in [3.8, 4) is 0 Å². The van der Waals surface area contributed by atoms with Crippen LogP contribution in [0.15, 0.2) is 57.7 Å². The summed E-state index contributed by atoms with van der Waals surface area (Å²) in [5.74, 6) is -1.01. The number of carbonyl (C=O) groups is 2. The SMILES string of the molecule is CN(C)C(=O)c1cc(NC(=O)c2cc(=O)c3ccccc3o2)ccc1Cl. The first-order valence-electron chi connectivity index (χ1n) is 7.72. The third-order valence-electron chi connectivity index (χ3n) is 3.72. The Morgan fingerprint density at radius 1 is 1.08 bits per heavy atom. The Morgan fingerprint density at radius 3 is 2.54 bits per heavy atom. The van der Waals surface area contributed by atoms with Crippen LogP contribution in [0.25, 0.3) is 11.0 Å². The van der Waals surface area contributed by atoms with E-state index in [1.165, 1.54) is 17.0 Å². The van der Waals surface area contributed by atoms with E-state index >= 15 is 0 Å². The Hall–Kier alpha value is -3.12. The molecule has 0 aliphatic heterocycles. The lowest BCUT2D eigenvalue weighted by atomic mass is 10.1. The van der Waals surface area contributed by atoms with Gasteiger partial charge >= 0.3 is 0 Å². The second-order valence-electron chi connectivity index (χ2n) is 5.82. The zero-order valence-corrected chi connectivity index (χ0v) is 14.8. The van der Waals surface area contributed by atoms with Crippen molar-refractivity contribution in [2.75, 3.05) is 19.4 Å². The van der Waals surface area contributed by atoms with E-state index in [1.807, 2.05) is 0 Å². The summed E-state index contributed by atoms with van der Waals surface area (Å²) in [6.45, 7) is 0. The molecule has 0 unspecified atom stereocenters. The fourth-order valence-electron chi connectivity index (χ4n) is 2.42. The molecule has 0 aliphatic carbocycles. The number of benzene rings is 2. The Bertz CT molecular complexity index is 1070. The standard InChI is InChI=1S/C19H15ClN2O4/c1-22(2)19(25)13-9-11(7-8-14(13)20)21-18(24)17-10-15(23)12-5-3-4-6-16(12)26-17/h3-10H,1-2H3,(H,21,24). The summed E-state index contributed by atoms with van der Waals surface area (Å²) in [5, 5.41) is 3.28. The van der Waals surface area contributed by atoms with Gasteiger partial charge in [0.2, 0.25) is 0 Å². The molecule has 26 heavy (non-hydrogen) atoms. The highest BCUT2D eigenvalue weighted by Gasteiger charge is 2.16. The monoisotopic (exact) mass is 370 g/mol. The van der Waals surface area contributed by atoms with Gasteiger partial charge in [-0.15, -0.1) is 0 Å². The van der Waals surface area contributed by atoms with Gasteiger partial charge in [0.05, 0.1) is 16.0 Å². The minimum absolute atomic E-state index is 0.121. The third kappa shape index (κ3) is 3.45. The molecule has 0 bridgehead atoms. The summed E-state index contributed by atoms with van der Waals surface area (Å²) in [4.78, 5) is 38.1. The van der Waals surface area contributed by atoms with Gasteiger partial charge in [-0.2, -0.15) is 0 Å². The van der Waals surface area contributed by atoms with Gasteiger partial charge in [-0.1, -0.05) is 23.7 Å². The van der Waals surface area contributed by atoms with Crippen LogP contribution in [0.1, 0.15) is 20.9 Å². The fourth-order valence-corrected chi connectivity index (χ4v) is 2.61. The van der Waals surface area contributed by atoms with Crippen LogP contribution in [-0.2, 0) is 0 Å². The van der Waals surface area contributed by atoms with Crippen molar-refractivity contribution in [1.82, 2.24) is 4.90 Å². The third-order valence-corrected chi connectivity index (χ3v) is 4.05. The normalized spacial score (nSPS) is 10.6. The minimum atomic E-state index is -0.599. The number of halogens is 1. The molecule has 0 radical (unpaired) electrons. The number of hydrogen-bond donors (Lipinski definition) is 1. The summed E-state index contributed by atoms with van der Waals surface area (Å²) >= 11 is 6.05. The van der Waals surface area contributed by atoms with Crippen molar-refractivity contribution < 1.29 is 14.0 Å². The molecular weight excluding hydrogens is 356 g/mol. The lowest BCUT2D eigenvalue weighted by Gasteiger charge is -2.13. The zero-order valence-electron chi connectivity index (χ0n) is 14.1. The van der Waals surface area contributed by atoms with Crippen LogP contribution in [-0.4, -0.2) is 30.8 Å². The van der Waals surface area contributed by atoms with E-state index < -0.39 is 5.91 Å². The quantitative estimate of drug-likeness (QED) is 0.766. The molecule has 0 saturated heterocycles. The molecule has 0 atom stereocenters. The van der Waals surface area contributed by atoms with Crippen LogP contribution >= 0.6 is 11.6 Å². The van der Waals surface area contributed by atoms with Crippen molar-refractivity contribution in [3.63, 3.8) is 0 Å². The van der Waals surface area contributed by atoms with Gasteiger partial charge < -0.3 is 14.6 Å². The van der Waals surface area contributed by atoms with Crippen LogP contribution in [0.5, 0.6) is 0 Å². The number of hydrogen-bond acceptors (Lipinski definition) is 4. The van der Waals surface area contributed by atoms with E-state index in [4.69, 9.17) is 16.0 Å². The molecule has 3 aromatic rings. The molecule has 0 fully saturated rings. The fraction of sp³-hybridized carbons (Fsp3) is 0.105. The van der Waals surface area contributed by atoms with Crippen LogP contribution < -0.4 is 10.7 Å². The molecule has 1 aromatic heterocycles. The highest BCUT2D eigenvalue weighted by Crippen LogP contribution is 2.22. The highest BCUT2D eigenvalue weighted by atomic mass is 35.5. The van der Waals surface area contributed by atoms with Gasteiger partial charge in [-0.05, 0) is 30.3 Å². The van der Waals surface area contributed by atoms with Crippen LogP contribution in [0.2, 0.25) is 5.02 Å². The zero-order chi connectivity index (χ0) is 18.8. The van der Waals surface area contributed by atoms with E-state index in [9.17, 15) is 14.4 Å². The van der Waals surface area contributed by atoms with Gasteiger partial charge in [0.15, 0.2) is 11.2 Å². The largest absolute Gasteiger partial charge is 0.451 e. The molecule has 1 heterocycles. The molecule has 3 rings (SSSR count). The first kappa shape index (κ1) is 17.7. The Labute approximate surface area is 154 Å². The Balaban J connectivity index is 1.92. The van der Waals surface area contributed by atoms with Crippen LogP contribution in [0.4, 0.5) is 5.69 Å². The lowest BCUT2D eigenvalue weighted by molar-refractivity contribution is 0.0827. The molecule has 0 spiro atoms. The van der Waals surface area contributed by atoms with Crippen molar-refractivity contribution in [2.24, 2.45) is 0 Å². The maximum absolute atomic E-state index is 12.4. The van der Waals surface area contributed by atoms with Crippen molar-refractivity contribution >= 4 is 40.1 Å². The van der Waals surface area contributed by atoms with E-state index in [-0.39, 0.29) is 27.7 Å². The molecule has 0 saturated carbocycles. The van der Waals surface area contributed by atoms with E-state index in [0.717, 1.165) is 6.07 Å². The maximum atomic E-state index is 12.4. The number of para-hydroxylation sites is 1. The number of nitrogens with zero attached hydrogens (tertiary/aromatic N) is 1. The van der Waals surface area contributed by atoms with Gasteiger partial charge in [0.25, 0.3) is 11.8 Å². The molecule has 1 N–H and O–H groups in total. The first-order chi connectivity index (χ1) is 12.4. The number of nitrogens with one attached hydrogen (secondary N) is 1. The first-order valence-corrected chi connectivity index (χ1v) is 8.10. The topological polar surface area (TPSA) is 79.6 Å². The average Bonchev–Trinajstić information content (AvgIpc) is 2.62. The van der Waals surface area contributed by atoms with Crippen molar-refractivity contribution in [1.29, 1.82) is 0 Å². The average molecular weight is 371 g/mol. The van der Waals surface area contributed by atoms with Gasteiger partial charge in [0.1, 0.15) is 5.58 Å². The lowest BCUT2D eigenvalue weighted by Crippen LogP contribution is -2.22. The predicted molar refractivity (Wildman–Crippen MR) is 99.9 cm³/mol. The number of carbonyl (C=O) groups excluding carboxylic acids is 2. The van der Waals surface area contributed by atoms with Crippen LogP contribution in [0.3, 0.4) is 0 Å². The second kappa shape index (κ2) is 7.01. The van der Waals surface area contributed by atoms with Gasteiger partial charge in [-0.25, -0.2) is 0 Å². The summed E-state index contributed by atoms with van der Waals surface area (Å²) < 4.78 is 5.50. The maximum Gasteiger partial charge on any atom is 0.291 e. The summed E-state index contributed by atoms with van der Waals surface area (Å²) in [6.07, 6.45) is 0. The van der Waals surface area contributed by atoms with Crippen molar-refractivity contribution in [3.05, 3.63) is 75.1 Å². The smallest absolute Gasteiger partial charge is 0.291 e. The van der Waals surface area contributed by atoms with E-state index in [1.54, 1.807) is 44.4 Å². The highest BCUT2D eigenvalue weighted by molar-refractivity contribution is 6.34. The van der Waals surface area contributed by atoms with E-state index in [2.05, 4.69) is 5.32 Å². The number of rotatable bonds is 3. The van der Waals surface area contributed by atoms with Crippen LogP contribution in [0, 0.1) is 0 Å². The molecular formula is C19H15ClN2O4. The van der Waals surface area contributed by atoms with E-state index in [0.29, 0.717) is 16.7 Å². The summed E-state index contributed by atoms with van der Waals surface area (Å²) in [5.41, 5.74) is 0.635. The minimum Gasteiger partial charge on any atom is -0.451 e. The van der Waals surface area contributed by atoms with Gasteiger partial charge in [-0.3, -0.25) is 14.4 Å². The molecule has 0 aliphatic rings. The molecule has 2 amide bonds. The Morgan fingerprint density at radius 2 is 1.81 bits per heavy atom. The molecule has 2 aromatic carbocycles. The van der Waals surface area contributed by atoms with Gasteiger partial charge in [0, 0.05) is 25.8 Å². The summed E-state index contributed by atoms with van der Waals surface area (Å²) in [7, 11) is 3.21. The molecule has 132 valence electrons.